The topological polar surface area (TPSA) is 63.7 Å². The van der Waals surface area contributed by atoms with Crippen molar-refractivity contribution in [3.05, 3.63) is 53.9 Å². The van der Waals surface area contributed by atoms with Crippen molar-refractivity contribution in [3.63, 3.8) is 0 Å². The summed E-state index contributed by atoms with van der Waals surface area (Å²) in [6.07, 6.45) is 4.32. The number of likely N-dealkylation sites (tertiary alicyclic amines) is 1. The van der Waals surface area contributed by atoms with Crippen molar-refractivity contribution < 1.29 is 14.3 Å². The van der Waals surface area contributed by atoms with Gasteiger partial charge in [-0.3, -0.25) is 4.98 Å². The molecular weight excluding hydrogens is 342 g/mol. The van der Waals surface area contributed by atoms with Gasteiger partial charge in [0.2, 0.25) is 0 Å². The number of amides is 2. The lowest BCUT2D eigenvalue weighted by Crippen LogP contribution is -2.54. The van der Waals surface area contributed by atoms with Crippen LogP contribution in [0.3, 0.4) is 0 Å². The Bertz CT molecular complexity index is 832. The minimum absolute atomic E-state index is 0.0234. The fourth-order valence-corrected chi connectivity index (χ4v) is 3.82. The quantitative estimate of drug-likeness (QED) is 0.902. The molecule has 142 valence electrons. The van der Waals surface area contributed by atoms with E-state index in [1.54, 1.807) is 19.5 Å². The summed E-state index contributed by atoms with van der Waals surface area (Å²) in [6, 6.07) is 9.70. The highest BCUT2D eigenvalue weighted by Gasteiger charge is 2.37. The Kier molecular flexibility index (Phi) is 4.42. The molecule has 1 fully saturated rings. The van der Waals surface area contributed by atoms with Crippen LogP contribution in [-0.2, 0) is 0 Å². The molecule has 1 atom stereocenters. The van der Waals surface area contributed by atoms with Crippen molar-refractivity contribution in [1.29, 1.82) is 0 Å². The molecule has 6 heteroatoms. The maximum atomic E-state index is 12.8. The van der Waals surface area contributed by atoms with E-state index in [2.05, 4.69) is 10.3 Å². The van der Waals surface area contributed by atoms with Crippen LogP contribution in [0, 0.1) is 0 Å². The van der Waals surface area contributed by atoms with Gasteiger partial charge in [0.05, 0.1) is 13.2 Å². The van der Waals surface area contributed by atoms with Gasteiger partial charge in [0.15, 0.2) is 0 Å². The lowest BCUT2D eigenvalue weighted by atomic mass is 9.89. The maximum Gasteiger partial charge on any atom is 0.317 e. The fourth-order valence-electron chi connectivity index (χ4n) is 3.82. The summed E-state index contributed by atoms with van der Waals surface area (Å²) >= 11 is 0. The standard InChI is InChI=1S/C21H25N3O3/c1-21(2)11-18(17-5-4-16(26-3)10-19(17)27-21)23-20(25)24-12-15(13-24)14-6-8-22-9-7-14/h4-10,15,18H,11-13H2,1-3H3,(H,23,25)/t18-/m1/s1. The second-order valence-corrected chi connectivity index (χ2v) is 7.85. The van der Waals surface area contributed by atoms with Gasteiger partial charge in [0.25, 0.3) is 0 Å². The Morgan fingerprint density at radius 1 is 1.26 bits per heavy atom. The van der Waals surface area contributed by atoms with E-state index in [-0.39, 0.29) is 17.7 Å². The SMILES string of the molecule is COc1ccc2c(c1)OC(C)(C)C[C@H]2NC(=O)N1CC(c2ccncc2)C1. The van der Waals surface area contributed by atoms with Crippen molar-refractivity contribution in [2.45, 2.75) is 37.8 Å². The average Bonchev–Trinajstić information content (AvgIpc) is 2.59. The summed E-state index contributed by atoms with van der Waals surface area (Å²) in [7, 11) is 1.64. The summed E-state index contributed by atoms with van der Waals surface area (Å²) in [5.74, 6) is 1.91. The maximum absolute atomic E-state index is 12.8. The predicted molar refractivity (Wildman–Crippen MR) is 102 cm³/mol. The average molecular weight is 367 g/mol. The van der Waals surface area contributed by atoms with Crippen molar-refractivity contribution in [2.24, 2.45) is 0 Å². The molecule has 0 unspecified atom stereocenters. The summed E-state index contributed by atoms with van der Waals surface area (Å²) in [5, 5.41) is 3.20. The molecule has 0 aliphatic carbocycles. The van der Waals surface area contributed by atoms with Crippen LogP contribution in [0.2, 0.25) is 0 Å². The number of urea groups is 1. The van der Waals surface area contributed by atoms with Gasteiger partial charge in [-0.2, -0.15) is 0 Å². The molecule has 3 heterocycles. The van der Waals surface area contributed by atoms with Crippen LogP contribution < -0.4 is 14.8 Å². The first-order chi connectivity index (χ1) is 12.9. The highest BCUT2D eigenvalue weighted by atomic mass is 16.5. The van der Waals surface area contributed by atoms with Crippen LogP contribution in [0.1, 0.15) is 43.4 Å². The third kappa shape index (κ3) is 3.56. The lowest BCUT2D eigenvalue weighted by molar-refractivity contribution is 0.0645. The Morgan fingerprint density at radius 3 is 2.70 bits per heavy atom. The van der Waals surface area contributed by atoms with Gasteiger partial charge in [-0.05, 0) is 43.7 Å². The van der Waals surface area contributed by atoms with Crippen molar-refractivity contribution >= 4 is 6.03 Å². The van der Waals surface area contributed by atoms with Gasteiger partial charge < -0.3 is 19.7 Å². The zero-order valence-electron chi connectivity index (χ0n) is 15.9. The molecule has 2 aliphatic rings. The zero-order chi connectivity index (χ0) is 19.0. The van der Waals surface area contributed by atoms with E-state index < -0.39 is 0 Å². The Morgan fingerprint density at radius 2 is 2.00 bits per heavy atom. The Labute approximate surface area is 159 Å². The first-order valence-electron chi connectivity index (χ1n) is 9.27. The molecule has 1 saturated heterocycles. The molecule has 2 aliphatic heterocycles. The minimum atomic E-state index is -0.355. The molecule has 2 aromatic rings. The number of nitrogens with zero attached hydrogens (tertiary/aromatic N) is 2. The van der Waals surface area contributed by atoms with E-state index >= 15 is 0 Å². The lowest BCUT2D eigenvalue weighted by Gasteiger charge is -2.42. The summed E-state index contributed by atoms with van der Waals surface area (Å²) in [6.45, 7) is 5.55. The third-order valence-corrected chi connectivity index (χ3v) is 5.32. The van der Waals surface area contributed by atoms with Crippen molar-refractivity contribution in [3.8, 4) is 11.5 Å². The van der Waals surface area contributed by atoms with Crippen LogP contribution in [0.4, 0.5) is 4.79 Å². The van der Waals surface area contributed by atoms with Crippen LogP contribution in [-0.4, -0.2) is 41.7 Å². The summed E-state index contributed by atoms with van der Waals surface area (Å²) < 4.78 is 11.4. The van der Waals surface area contributed by atoms with E-state index in [0.717, 1.165) is 36.6 Å². The van der Waals surface area contributed by atoms with Crippen LogP contribution >= 0.6 is 0 Å². The molecule has 1 N–H and O–H groups in total. The Balaban J connectivity index is 1.44. The smallest absolute Gasteiger partial charge is 0.317 e. The van der Waals surface area contributed by atoms with Crippen molar-refractivity contribution in [1.82, 2.24) is 15.2 Å². The second-order valence-electron chi connectivity index (χ2n) is 7.85. The van der Waals surface area contributed by atoms with Gasteiger partial charge in [-0.15, -0.1) is 0 Å². The normalized spacial score (nSPS) is 20.9. The van der Waals surface area contributed by atoms with Crippen LogP contribution in [0.15, 0.2) is 42.7 Å². The molecule has 1 aromatic heterocycles. The number of aromatic nitrogens is 1. The van der Waals surface area contributed by atoms with Crippen LogP contribution in [0.25, 0.3) is 0 Å². The largest absolute Gasteiger partial charge is 0.497 e. The molecule has 0 spiro atoms. The molecule has 2 amide bonds. The summed E-state index contributed by atoms with van der Waals surface area (Å²) in [4.78, 5) is 18.7. The first-order valence-corrected chi connectivity index (χ1v) is 9.27. The molecule has 1 aromatic carbocycles. The number of ether oxygens (including phenoxy) is 2. The van der Waals surface area contributed by atoms with Gasteiger partial charge >= 0.3 is 6.03 Å². The fraction of sp³-hybridized carbons (Fsp3) is 0.429. The Hall–Kier alpha value is -2.76. The number of pyridine rings is 1. The number of rotatable bonds is 3. The van der Waals surface area contributed by atoms with E-state index in [1.807, 2.05) is 49.1 Å². The molecule has 0 radical (unpaired) electrons. The van der Waals surface area contributed by atoms with Gasteiger partial charge in [0, 0.05) is 49.5 Å². The van der Waals surface area contributed by atoms with Gasteiger partial charge in [-0.25, -0.2) is 4.79 Å². The predicted octanol–water partition coefficient (Wildman–Crippen LogP) is 3.50. The molecular formula is C21H25N3O3. The number of hydrogen-bond donors (Lipinski definition) is 1. The molecule has 0 bridgehead atoms. The van der Waals surface area contributed by atoms with E-state index in [9.17, 15) is 4.79 Å². The van der Waals surface area contributed by atoms with E-state index in [1.165, 1.54) is 5.56 Å². The second kappa shape index (κ2) is 6.76. The molecule has 6 nitrogen and oxygen atoms in total. The number of nitrogens with one attached hydrogen (secondary N) is 1. The number of carbonyl (C=O) groups is 1. The number of fused-ring (bicyclic) bond motifs is 1. The number of carbonyl (C=O) groups excluding carboxylic acids is 1. The van der Waals surface area contributed by atoms with Crippen molar-refractivity contribution in [2.75, 3.05) is 20.2 Å². The van der Waals surface area contributed by atoms with E-state index in [0.29, 0.717) is 5.92 Å². The van der Waals surface area contributed by atoms with Gasteiger partial charge in [0.1, 0.15) is 17.1 Å². The summed E-state index contributed by atoms with van der Waals surface area (Å²) in [5.41, 5.74) is 1.87. The number of methoxy groups -OCH3 is 1. The van der Waals surface area contributed by atoms with Gasteiger partial charge in [-0.1, -0.05) is 0 Å². The number of benzene rings is 1. The molecule has 27 heavy (non-hydrogen) atoms. The minimum Gasteiger partial charge on any atom is -0.497 e. The highest BCUT2D eigenvalue weighted by molar-refractivity contribution is 5.76. The zero-order valence-corrected chi connectivity index (χ0v) is 15.9. The van der Waals surface area contributed by atoms with E-state index in [4.69, 9.17) is 9.47 Å². The monoisotopic (exact) mass is 367 g/mol. The number of hydrogen-bond acceptors (Lipinski definition) is 4. The third-order valence-electron chi connectivity index (χ3n) is 5.32. The molecule has 4 rings (SSSR count). The van der Waals surface area contributed by atoms with Crippen LogP contribution in [0.5, 0.6) is 11.5 Å². The first kappa shape index (κ1) is 17.6. The highest BCUT2D eigenvalue weighted by Crippen LogP contribution is 2.41. The molecule has 0 saturated carbocycles.